The number of carbonyl (C=O) groups is 1. The van der Waals surface area contributed by atoms with E-state index in [1.807, 2.05) is 37.3 Å². The maximum Gasteiger partial charge on any atom is 0.303 e. The number of H-pyrrole nitrogens is 2. The second kappa shape index (κ2) is 10.1. The van der Waals surface area contributed by atoms with E-state index >= 15 is 0 Å². The number of aryl methyl sites for hydroxylation is 1. The van der Waals surface area contributed by atoms with Gasteiger partial charge in [0.1, 0.15) is 23.9 Å². The van der Waals surface area contributed by atoms with Crippen molar-refractivity contribution in [2.75, 3.05) is 19.8 Å². The van der Waals surface area contributed by atoms with Crippen molar-refractivity contribution in [1.29, 1.82) is 0 Å². The molecule has 176 valence electrons. The van der Waals surface area contributed by atoms with E-state index in [9.17, 15) is 9.59 Å². The van der Waals surface area contributed by atoms with Gasteiger partial charge in [-0.1, -0.05) is 17.3 Å². The van der Waals surface area contributed by atoms with Crippen LogP contribution in [0.5, 0.6) is 11.5 Å². The van der Waals surface area contributed by atoms with E-state index in [4.69, 9.17) is 20.3 Å². The molecule has 5 N–H and O–H groups in total. The van der Waals surface area contributed by atoms with Crippen LogP contribution in [0.15, 0.2) is 41.2 Å². The van der Waals surface area contributed by atoms with Gasteiger partial charge in [-0.3, -0.25) is 9.59 Å². The Morgan fingerprint density at radius 3 is 2.76 bits per heavy atom. The molecule has 34 heavy (non-hydrogen) atoms. The van der Waals surface area contributed by atoms with Crippen molar-refractivity contribution < 1.29 is 19.4 Å². The van der Waals surface area contributed by atoms with E-state index in [-0.39, 0.29) is 17.6 Å². The molecule has 11 heteroatoms. The lowest BCUT2D eigenvalue weighted by atomic mass is 9.98. The predicted molar refractivity (Wildman–Crippen MR) is 125 cm³/mol. The molecule has 2 aromatic carbocycles. The molecule has 0 unspecified atom stereocenters. The van der Waals surface area contributed by atoms with Crippen molar-refractivity contribution in [3.05, 3.63) is 52.3 Å². The van der Waals surface area contributed by atoms with E-state index in [0.29, 0.717) is 49.1 Å². The SMILES string of the molecule is CCOc1cc(-c2cc(CCC(=O)O)cc(OCCN)c2)ccc1-c1nc2[nH]nnc2c(=O)[nH]1. The third-order valence-electron chi connectivity index (χ3n) is 5.05. The number of aromatic amines is 2. The number of hydrogen-bond acceptors (Lipinski definition) is 8. The summed E-state index contributed by atoms with van der Waals surface area (Å²) in [6.07, 6.45) is 0.370. The Morgan fingerprint density at radius 2 is 2.00 bits per heavy atom. The Bertz CT molecular complexity index is 1380. The number of carboxylic acid groups (broad SMARTS) is 1. The van der Waals surface area contributed by atoms with Gasteiger partial charge in [-0.25, -0.2) is 10.1 Å². The van der Waals surface area contributed by atoms with Crippen LogP contribution >= 0.6 is 0 Å². The number of rotatable bonds is 10. The average Bonchev–Trinajstić information content (AvgIpc) is 3.31. The minimum Gasteiger partial charge on any atom is -0.493 e. The number of benzene rings is 2. The molecule has 0 aliphatic rings. The summed E-state index contributed by atoms with van der Waals surface area (Å²) >= 11 is 0. The summed E-state index contributed by atoms with van der Waals surface area (Å²) in [6, 6.07) is 11.1. The third-order valence-corrected chi connectivity index (χ3v) is 5.05. The number of ether oxygens (including phenoxy) is 2. The quantitative estimate of drug-likeness (QED) is 0.274. The summed E-state index contributed by atoms with van der Waals surface area (Å²) < 4.78 is 11.6. The fourth-order valence-corrected chi connectivity index (χ4v) is 3.54. The molecule has 0 spiro atoms. The van der Waals surface area contributed by atoms with Gasteiger partial charge in [0.25, 0.3) is 5.56 Å². The first-order valence-corrected chi connectivity index (χ1v) is 10.8. The van der Waals surface area contributed by atoms with Crippen molar-refractivity contribution in [2.24, 2.45) is 5.73 Å². The Morgan fingerprint density at radius 1 is 1.15 bits per heavy atom. The molecule has 0 saturated carbocycles. The highest BCUT2D eigenvalue weighted by atomic mass is 16.5. The molecule has 4 rings (SSSR count). The van der Waals surface area contributed by atoms with Crippen LogP contribution in [0.3, 0.4) is 0 Å². The topological polar surface area (TPSA) is 169 Å². The van der Waals surface area contributed by atoms with Crippen LogP contribution < -0.4 is 20.8 Å². The Balaban J connectivity index is 1.77. The Labute approximate surface area is 193 Å². The highest BCUT2D eigenvalue weighted by molar-refractivity contribution is 5.77. The maximum absolute atomic E-state index is 12.3. The van der Waals surface area contributed by atoms with Crippen LogP contribution in [0.25, 0.3) is 33.7 Å². The second-order valence-corrected chi connectivity index (χ2v) is 7.46. The van der Waals surface area contributed by atoms with Crippen molar-refractivity contribution in [1.82, 2.24) is 25.4 Å². The molecule has 0 aliphatic carbocycles. The fraction of sp³-hybridized carbons (Fsp3) is 0.261. The fourth-order valence-electron chi connectivity index (χ4n) is 3.54. The normalized spacial score (nSPS) is 11.0. The van der Waals surface area contributed by atoms with Crippen molar-refractivity contribution in [3.8, 4) is 34.0 Å². The molecule has 0 saturated heterocycles. The van der Waals surface area contributed by atoms with Crippen LogP contribution in [0.1, 0.15) is 18.9 Å². The first kappa shape index (κ1) is 22.9. The van der Waals surface area contributed by atoms with Crippen LogP contribution in [0, 0.1) is 0 Å². The van der Waals surface area contributed by atoms with Crippen molar-refractivity contribution in [2.45, 2.75) is 19.8 Å². The number of fused-ring (bicyclic) bond motifs is 1. The first-order valence-electron chi connectivity index (χ1n) is 10.8. The zero-order valence-corrected chi connectivity index (χ0v) is 18.5. The first-order chi connectivity index (χ1) is 16.5. The maximum atomic E-state index is 12.3. The van der Waals surface area contributed by atoms with Crippen LogP contribution in [-0.4, -0.2) is 56.2 Å². The second-order valence-electron chi connectivity index (χ2n) is 7.46. The van der Waals surface area contributed by atoms with Gasteiger partial charge in [0.05, 0.1) is 12.2 Å². The van der Waals surface area contributed by atoms with E-state index in [0.717, 1.165) is 16.7 Å². The molecule has 2 heterocycles. The summed E-state index contributed by atoms with van der Waals surface area (Å²) in [4.78, 5) is 30.5. The molecule has 0 amide bonds. The standard InChI is InChI=1S/C23H24N6O5/c1-2-33-18-12-14(4-5-17(18)21-25-22-20(23(32)26-21)27-29-28-22)15-9-13(3-6-19(30)31)10-16(11-15)34-8-7-24/h4-5,9-12H,2-3,6-8,24H2,1H3,(H,30,31)(H2,25,26,27,28,29,32). The lowest BCUT2D eigenvalue weighted by Gasteiger charge is -2.14. The van der Waals surface area contributed by atoms with E-state index in [1.165, 1.54) is 0 Å². The van der Waals surface area contributed by atoms with Gasteiger partial charge in [0.2, 0.25) is 0 Å². The number of nitrogens with two attached hydrogens (primary N) is 1. The van der Waals surface area contributed by atoms with Crippen LogP contribution in [0.4, 0.5) is 0 Å². The number of nitrogens with zero attached hydrogens (tertiary/aromatic N) is 3. The van der Waals surface area contributed by atoms with E-state index in [1.54, 1.807) is 6.07 Å². The van der Waals surface area contributed by atoms with Gasteiger partial charge in [0, 0.05) is 13.0 Å². The molecule has 0 fully saturated rings. The summed E-state index contributed by atoms with van der Waals surface area (Å²) in [5.74, 6) is 0.577. The molecule has 11 nitrogen and oxygen atoms in total. The van der Waals surface area contributed by atoms with Gasteiger partial charge < -0.3 is 25.3 Å². The molecule has 2 aromatic heterocycles. The zero-order chi connectivity index (χ0) is 24.1. The summed E-state index contributed by atoms with van der Waals surface area (Å²) in [5, 5.41) is 19.0. The van der Waals surface area contributed by atoms with Gasteiger partial charge >= 0.3 is 5.97 Å². The smallest absolute Gasteiger partial charge is 0.303 e. The number of hydrogen-bond donors (Lipinski definition) is 4. The van der Waals surface area contributed by atoms with E-state index < -0.39 is 11.5 Å². The average molecular weight is 464 g/mol. The van der Waals surface area contributed by atoms with Gasteiger partial charge in [-0.15, -0.1) is 5.10 Å². The minimum atomic E-state index is -0.872. The molecular formula is C23H24N6O5. The third kappa shape index (κ3) is 5.04. The summed E-state index contributed by atoms with van der Waals surface area (Å²) in [7, 11) is 0. The molecule has 0 atom stereocenters. The van der Waals surface area contributed by atoms with Gasteiger partial charge in [-0.2, -0.15) is 0 Å². The van der Waals surface area contributed by atoms with Crippen LogP contribution in [0.2, 0.25) is 0 Å². The van der Waals surface area contributed by atoms with Gasteiger partial charge in [0.15, 0.2) is 11.2 Å². The molecule has 4 aromatic rings. The Hall–Kier alpha value is -4.25. The zero-order valence-electron chi connectivity index (χ0n) is 18.5. The van der Waals surface area contributed by atoms with E-state index in [2.05, 4.69) is 25.4 Å². The van der Waals surface area contributed by atoms with Crippen molar-refractivity contribution >= 4 is 17.1 Å². The minimum absolute atomic E-state index is 0.00683. The summed E-state index contributed by atoms with van der Waals surface area (Å²) in [5.41, 5.74) is 8.65. The lowest BCUT2D eigenvalue weighted by molar-refractivity contribution is -0.136. The van der Waals surface area contributed by atoms with Crippen molar-refractivity contribution in [3.63, 3.8) is 0 Å². The molecule has 0 aliphatic heterocycles. The number of aromatic nitrogens is 5. The molecule has 0 radical (unpaired) electrons. The summed E-state index contributed by atoms with van der Waals surface area (Å²) in [6.45, 7) is 2.96. The highest BCUT2D eigenvalue weighted by Crippen LogP contribution is 2.34. The number of nitrogens with one attached hydrogen (secondary N) is 2. The molecular weight excluding hydrogens is 440 g/mol. The number of carboxylic acids is 1. The number of aliphatic carboxylic acids is 1. The predicted octanol–water partition coefficient (Wildman–Crippen LogP) is 2.13. The highest BCUT2D eigenvalue weighted by Gasteiger charge is 2.15. The largest absolute Gasteiger partial charge is 0.493 e. The lowest BCUT2D eigenvalue weighted by Crippen LogP contribution is -2.11. The van der Waals surface area contributed by atoms with Crippen LogP contribution in [-0.2, 0) is 11.2 Å². The Kier molecular flexibility index (Phi) is 6.83. The monoisotopic (exact) mass is 464 g/mol. The molecule has 0 bridgehead atoms. The van der Waals surface area contributed by atoms with Gasteiger partial charge in [-0.05, 0) is 54.3 Å².